The number of likely N-dealkylation sites (tertiary alicyclic amines) is 1. The van der Waals surface area contributed by atoms with E-state index in [2.05, 4.69) is 0 Å². The van der Waals surface area contributed by atoms with Gasteiger partial charge in [-0.1, -0.05) is 24.3 Å². The number of nitrogens with two attached hydrogens (primary N) is 1. The highest BCUT2D eigenvalue weighted by Gasteiger charge is 2.24. The summed E-state index contributed by atoms with van der Waals surface area (Å²) in [6, 6.07) is 15.0. The number of nitrogens with zero attached hydrogens (tertiary/aromatic N) is 2. The van der Waals surface area contributed by atoms with Gasteiger partial charge in [0.2, 0.25) is 5.91 Å². The Kier molecular flexibility index (Phi) is 3.58. The first kappa shape index (κ1) is 14.9. The highest BCUT2D eigenvalue weighted by atomic mass is 16.2. The molecule has 1 saturated heterocycles. The van der Waals surface area contributed by atoms with Crippen LogP contribution in [0.1, 0.15) is 6.42 Å². The summed E-state index contributed by atoms with van der Waals surface area (Å²) in [5.74, 6) is 0.0434. The third-order valence-corrected chi connectivity index (χ3v) is 4.75. The molecule has 0 radical (unpaired) electrons. The van der Waals surface area contributed by atoms with Gasteiger partial charge in [0.1, 0.15) is 6.54 Å². The van der Waals surface area contributed by atoms with Gasteiger partial charge in [0.05, 0.1) is 11.0 Å². The lowest BCUT2D eigenvalue weighted by Gasteiger charge is -2.19. The van der Waals surface area contributed by atoms with E-state index >= 15 is 0 Å². The van der Waals surface area contributed by atoms with Gasteiger partial charge in [0, 0.05) is 29.9 Å². The van der Waals surface area contributed by atoms with E-state index in [0.29, 0.717) is 23.9 Å². The van der Waals surface area contributed by atoms with Crippen LogP contribution in [0.5, 0.6) is 0 Å². The molecule has 1 atom stereocenters. The molecule has 24 heavy (non-hydrogen) atoms. The molecule has 2 N–H and O–H groups in total. The number of hydrogen-bond acceptors (Lipinski definition) is 3. The van der Waals surface area contributed by atoms with E-state index < -0.39 is 0 Å². The topological polar surface area (TPSA) is 68.3 Å². The summed E-state index contributed by atoms with van der Waals surface area (Å²) in [6.45, 7) is 1.53. The van der Waals surface area contributed by atoms with E-state index in [-0.39, 0.29) is 23.9 Å². The van der Waals surface area contributed by atoms with Gasteiger partial charge in [-0.3, -0.25) is 9.59 Å². The molecule has 5 heteroatoms. The average Bonchev–Trinajstić information content (AvgIpc) is 3.05. The standard InChI is InChI=1S/C19H19N3O2/c20-13-9-10-21(11-13)18(23)12-22-16-7-3-1-5-14(16)19(24)15-6-2-4-8-17(15)22/h1-8,13H,9-12,20H2/t13-/m1/s1. The molecule has 0 aliphatic carbocycles. The van der Waals surface area contributed by atoms with Crippen molar-refractivity contribution in [1.82, 2.24) is 9.47 Å². The quantitative estimate of drug-likeness (QED) is 0.731. The summed E-state index contributed by atoms with van der Waals surface area (Å²) in [5.41, 5.74) is 7.50. The maximum atomic E-state index is 12.7. The summed E-state index contributed by atoms with van der Waals surface area (Å²) in [4.78, 5) is 27.2. The van der Waals surface area contributed by atoms with Crippen molar-refractivity contribution < 1.29 is 4.79 Å². The van der Waals surface area contributed by atoms with E-state index in [1.165, 1.54) is 0 Å². The first-order chi connectivity index (χ1) is 11.6. The lowest BCUT2D eigenvalue weighted by molar-refractivity contribution is -0.130. The number of rotatable bonds is 2. The fourth-order valence-corrected chi connectivity index (χ4v) is 3.50. The van der Waals surface area contributed by atoms with Gasteiger partial charge in [-0.05, 0) is 30.7 Å². The number of carbonyl (C=O) groups excluding carboxylic acids is 1. The van der Waals surface area contributed by atoms with Gasteiger partial charge in [-0.2, -0.15) is 0 Å². The maximum absolute atomic E-state index is 12.7. The summed E-state index contributed by atoms with van der Waals surface area (Å²) < 4.78 is 1.94. The predicted molar refractivity (Wildman–Crippen MR) is 94.9 cm³/mol. The van der Waals surface area contributed by atoms with Gasteiger partial charge >= 0.3 is 0 Å². The van der Waals surface area contributed by atoms with Gasteiger partial charge in [0.25, 0.3) is 0 Å². The molecular weight excluding hydrogens is 302 g/mol. The third kappa shape index (κ3) is 2.37. The van der Waals surface area contributed by atoms with Crippen molar-refractivity contribution in [2.75, 3.05) is 13.1 Å². The molecule has 2 heterocycles. The first-order valence-electron chi connectivity index (χ1n) is 8.19. The minimum Gasteiger partial charge on any atom is -0.340 e. The Morgan fingerprint density at radius 2 is 1.62 bits per heavy atom. The lowest BCUT2D eigenvalue weighted by atomic mass is 10.1. The lowest BCUT2D eigenvalue weighted by Crippen LogP contribution is -2.34. The molecule has 0 saturated carbocycles. The van der Waals surface area contributed by atoms with Crippen molar-refractivity contribution in [3.8, 4) is 0 Å². The normalized spacial score (nSPS) is 17.7. The number of para-hydroxylation sites is 2. The van der Waals surface area contributed by atoms with Crippen LogP contribution >= 0.6 is 0 Å². The van der Waals surface area contributed by atoms with E-state index in [4.69, 9.17) is 5.73 Å². The molecule has 1 aliphatic heterocycles. The zero-order chi connectivity index (χ0) is 16.7. The Bertz CT molecular complexity index is 933. The Labute approximate surface area is 139 Å². The number of aromatic nitrogens is 1. The summed E-state index contributed by atoms with van der Waals surface area (Å²) in [6.07, 6.45) is 0.845. The smallest absolute Gasteiger partial charge is 0.242 e. The molecule has 2 aromatic carbocycles. The highest BCUT2D eigenvalue weighted by molar-refractivity contribution is 5.94. The molecular formula is C19H19N3O2. The second kappa shape index (κ2) is 5.76. The Balaban J connectivity index is 1.88. The third-order valence-electron chi connectivity index (χ3n) is 4.75. The number of fused-ring (bicyclic) bond motifs is 2. The van der Waals surface area contributed by atoms with Crippen molar-refractivity contribution in [2.45, 2.75) is 19.0 Å². The zero-order valence-electron chi connectivity index (χ0n) is 13.3. The molecule has 1 fully saturated rings. The highest BCUT2D eigenvalue weighted by Crippen LogP contribution is 2.20. The van der Waals surface area contributed by atoms with Crippen molar-refractivity contribution in [2.24, 2.45) is 5.73 Å². The Hall–Kier alpha value is -2.66. The molecule has 1 amide bonds. The molecule has 3 aromatic rings. The molecule has 1 aromatic heterocycles. The fourth-order valence-electron chi connectivity index (χ4n) is 3.50. The van der Waals surface area contributed by atoms with Crippen molar-refractivity contribution in [3.63, 3.8) is 0 Å². The number of benzene rings is 2. The van der Waals surface area contributed by atoms with Crippen molar-refractivity contribution in [3.05, 3.63) is 58.8 Å². The van der Waals surface area contributed by atoms with Crippen LogP contribution in [0, 0.1) is 0 Å². The van der Waals surface area contributed by atoms with Crippen LogP contribution < -0.4 is 11.2 Å². The minimum atomic E-state index is 0.00749. The molecule has 1 aliphatic rings. The zero-order valence-corrected chi connectivity index (χ0v) is 13.3. The van der Waals surface area contributed by atoms with Crippen LogP contribution in [0.2, 0.25) is 0 Å². The fraction of sp³-hybridized carbons (Fsp3) is 0.263. The van der Waals surface area contributed by atoms with Crippen LogP contribution in [-0.2, 0) is 11.3 Å². The number of hydrogen-bond donors (Lipinski definition) is 1. The largest absolute Gasteiger partial charge is 0.340 e. The predicted octanol–water partition coefficient (Wildman–Crippen LogP) is 1.71. The maximum Gasteiger partial charge on any atom is 0.242 e. The van der Waals surface area contributed by atoms with Crippen molar-refractivity contribution >= 4 is 27.7 Å². The second-order valence-corrected chi connectivity index (χ2v) is 6.34. The Morgan fingerprint density at radius 3 is 2.17 bits per heavy atom. The molecule has 4 rings (SSSR count). The van der Waals surface area contributed by atoms with Crippen LogP contribution in [0.15, 0.2) is 53.3 Å². The molecule has 0 unspecified atom stereocenters. The van der Waals surface area contributed by atoms with Gasteiger partial charge in [-0.15, -0.1) is 0 Å². The van der Waals surface area contributed by atoms with Gasteiger partial charge in [-0.25, -0.2) is 0 Å². The van der Waals surface area contributed by atoms with E-state index in [9.17, 15) is 9.59 Å². The van der Waals surface area contributed by atoms with Crippen molar-refractivity contribution in [1.29, 1.82) is 0 Å². The number of amides is 1. The second-order valence-electron chi connectivity index (χ2n) is 6.34. The van der Waals surface area contributed by atoms with Gasteiger partial charge in [0.15, 0.2) is 5.43 Å². The summed E-state index contributed by atoms with van der Waals surface area (Å²) in [7, 11) is 0. The van der Waals surface area contributed by atoms with E-state index in [1.807, 2.05) is 58.0 Å². The number of carbonyl (C=O) groups is 1. The number of pyridine rings is 1. The van der Waals surface area contributed by atoms with Crippen LogP contribution in [0.25, 0.3) is 21.8 Å². The molecule has 0 spiro atoms. The van der Waals surface area contributed by atoms with E-state index in [1.54, 1.807) is 0 Å². The van der Waals surface area contributed by atoms with Crippen LogP contribution in [0.3, 0.4) is 0 Å². The minimum absolute atomic E-state index is 0.00749. The van der Waals surface area contributed by atoms with Gasteiger partial charge < -0.3 is 15.2 Å². The SMILES string of the molecule is N[C@@H]1CCN(C(=O)Cn2c3ccccc3c(=O)c3ccccc32)C1. The van der Waals surface area contributed by atoms with E-state index in [0.717, 1.165) is 17.5 Å². The average molecular weight is 321 g/mol. The Morgan fingerprint density at radius 1 is 1.04 bits per heavy atom. The molecule has 122 valence electrons. The monoisotopic (exact) mass is 321 g/mol. The van der Waals surface area contributed by atoms with Crippen LogP contribution in [-0.4, -0.2) is 34.5 Å². The molecule has 0 bridgehead atoms. The molecule has 5 nitrogen and oxygen atoms in total. The van der Waals surface area contributed by atoms with Crippen LogP contribution in [0.4, 0.5) is 0 Å². The summed E-state index contributed by atoms with van der Waals surface area (Å²) >= 11 is 0. The summed E-state index contributed by atoms with van der Waals surface area (Å²) in [5, 5.41) is 1.28. The first-order valence-corrected chi connectivity index (χ1v) is 8.19.